The highest BCUT2D eigenvalue weighted by Crippen LogP contribution is 2.36. The molecule has 42 heavy (non-hydrogen) atoms. The molecule has 6 rings (SSSR count). The van der Waals surface area contributed by atoms with Crippen LogP contribution in [0.1, 0.15) is 33.4 Å². The van der Waals surface area contributed by atoms with Gasteiger partial charge in [-0.25, -0.2) is 0 Å². The molecule has 2 N–H and O–H groups in total. The van der Waals surface area contributed by atoms with E-state index in [1.54, 1.807) is 28.4 Å². The molecular weight excluding hydrogens is 524 g/mol. The predicted molar refractivity (Wildman–Crippen MR) is 171 cm³/mol. The number of hydrogen-bond acceptors (Lipinski definition) is 6. The summed E-state index contributed by atoms with van der Waals surface area (Å²) in [5, 5.41) is 6.96. The van der Waals surface area contributed by atoms with E-state index in [-0.39, 0.29) is 0 Å². The highest BCUT2D eigenvalue weighted by atomic mass is 16.5. The molecule has 0 fully saturated rings. The van der Waals surface area contributed by atoms with Crippen LogP contribution in [0.15, 0.2) is 84.9 Å². The molecule has 216 valence electrons. The summed E-state index contributed by atoms with van der Waals surface area (Å²) in [4.78, 5) is 0. The lowest BCUT2D eigenvalue weighted by atomic mass is 9.96. The fourth-order valence-corrected chi connectivity index (χ4v) is 5.32. The number of hydrogen-bond donors (Lipinski definition) is 2. The standard InChI is InChI=1S/C20H23NO4.C16H15N/c1-22-17-6-5-13(10-18(17)23-2)9-16-15-12-20(25-4)19(24-3)11-14(15)7-8-21-16;1-2-6-13(7-3-1)12-16-15-9-5-4-8-14(15)10-11-17-16/h5-6,9-12,21H,7-8H2,1-4H3;1-9,12,17H,10-11H2. The Morgan fingerprint density at radius 1 is 0.500 bits per heavy atom. The molecule has 4 aromatic carbocycles. The fourth-order valence-electron chi connectivity index (χ4n) is 5.32. The first-order valence-corrected chi connectivity index (χ1v) is 14.1. The number of ether oxygens (including phenoxy) is 4. The zero-order valence-electron chi connectivity index (χ0n) is 24.7. The Balaban J connectivity index is 0.000000180. The van der Waals surface area contributed by atoms with Gasteiger partial charge in [-0.1, -0.05) is 60.7 Å². The Hall–Kier alpha value is -4.84. The first-order valence-electron chi connectivity index (χ1n) is 14.1. The minimum Gasteiger partial charge on any atom is -0.493 e. The minimum atomic E-state index is 0.709. The summed E-state index contributed by atoms with van der Waals surface area (Å²) < 4.78 is 21.6. The van der Waals surface area contributed by atoms with Crippen LogP contribution in [0.3, 0.4) is 0 Å². The van der Waals surface area contributed by atoms with Crippen LogP contribution in [-0.4, -0.2) is 41.5 Å². The van der Waals surface area contributed by atoms with Gasteiger partial charge in [0.25, 0.3) is 0 Å². The van der Waals surface area contributed by atoms with Crippen molar-refractivity contribution >= 4 is 23.5 Å². The third-order valence-electron chi connectivity index (χ3n) is 7.46. The number of nitrogens with one attached hydrogen (secondary N) is 2. The van der Waals surface area contributed by atoms with Gasteiger partial charge in [-0.05, 0) is 71.5 Å². The van der Waals surface area contributed by atoms with Gasteiger partial charge >= 0.3 is 0 Å². The zero-order valence-corrected chi connectivity index (χ0v) is 24.7. The summed E-state index contributed by atoms with van der Waals surface area (Å²) in [6.45, 7) is 1.90. The third kappa shape index (κ3) is 6.55. The smallest absolute Gasteiger partial charge is 0.161 e. The van der Waals surface area contributed by atoms with Gasteiger partial charge in [0, 0.05) is 35.6 Å². The lowest BCUT2D eigenvalue weighted by Crippen LogP contribution is -2.22. The molecule has 6 nitrogen and oxygen atoms in total. The van der Waals surface area contributed by atoms with Crippen LogP contribution in [-0.2, 0) is 12.8 Å². The van der Waals surface area contributed by atoms with Crippen molar-refractivity contribution in [1.82, 2.24) is 10.6 Å². The van der Waals surface area contributed by atoms with Gasteiger partial charge in [-0.15, -0.1) is 0 Å². The van der Waals surface area contributed by atoms with Gasteiger partial charge in [0.1, 0.15) is 0 Å². The summed E-state index contributed by atoms with van der Waals surface area (Å²) in [6, 6.07) is 29.0. The maximum atomic E-state index is 5.45. The van der Waals surface area contributed by atoms with Gasteiger partial charge in [0.2, 0.25) is 0 Å². The molecule has 6 heteroatoms. The van der Waals surface area contributed by atoms with E-state index >= 15 is 0 Å². The van der Waals surface area contributed by atoms with E-state index in [9.17, 15) is 0 Å². The molecule has 0 saturated heterocycles. The first-order chi connectivity index (χ1) is 20.6. The van der Waals surface area contributed by atoms with Crippen LogP contribution in [0.25, 0.3) is 23.5 Å². The van der Waals surface area contributed by atoms with Crippen LogP contribution in [0.2, 0.25) is 0 Å². The minimum absolute atomic E-state index is 0.709. The molecule has 0 amide bonds. The topological polar surface area (TPSA) is 61.0 Å². The Labute approximate surface area is 248 Å². The zero-order chi connectivity index (χ0) is 29.3. The number of rotatable bonds is 6. The summed E-state index contributed by atoms with van der Waals surface area (Å²) in [5.74, 6) is 2.91. The van der Waals surface area contributed by atoms with Crippen molar-refractivity contribution in [2.24, 2.45) is 0 Å². The highest BCUT2D eigenvalue weighted by molar-refractivity contribution is 5.84. The van der Waals surface area contributed by atoms with Crippen molar-refractivity contribution in [3.8, 4) is 23.0 Å². The molecule has 0 unspecified atom stereocenters. The van der Waals surface area contributed by atoms with E-state index in [1.165, 1.54) is 28.0 Å². The molecule has 2 heterocycles. The second-order valence-electron chi connectivity index (χ2n) is 10.0. The van der Waals surface area contributed by atoms with Crippen molar-refractivity contribution in [2.75, 3.05) is 41.5 Å². The van der Waals surface area contributed by atoms with Gasteiger partial charge in [0.15, 0.2) is 23.0 Å². The third-order valence-corrected chi connectivity index (χ3v) is 7.46. The Morgan fingerprint density at radius 3 is 1.79 bits per heavy atom. The molecule has 0 aromatic heterocycles. The Bertz CT molecular complexity index is 1580. The largest absolute Gasteiger partial charge is 0.493 e. The molecule has 0 bridgehead atoms. The summed E-state index contributed by atoms with van der Waals surface area (Å²) >= 11 is 0. The van der Waals surface area contributed by atoms with E-state index in [4.69, 9.17) is 18.9 Å². The summed E-state index contributed by atoms with van der Waals surface area (Å²) in [7, 11) is 6.58. The number of methoxy groups -OCH3 is 4. The van der Waals surface area contributed by atoms with Gasteiger partial charge in [-0.2, -0.15) is 0 Å². The van der Waals surface area contributed by atoms with Crippen molar-refractivity contribution in [2.45, 2.75) is 12.8 Å². The van der Waals surface area contributed by atoms with E-state index in [0.29, 0.717) is 11.5 Å². The van der Waals surface area contributed by atoms with E-state index in [0.717, 1.165) is 54.3 Å². The average Bonchev–Trinajstić information content (AvgIpc) is 3.05. The van der Waals surface area contributed by atoms with Crippen molar-refractivity contribution in [1.29, 1.82) is 0 Å². The lowest BCUT2D eigenvalue weighted by molar-refractivity contribution is 0.354. The van der Waals surface area contributed by atoms with Crippen LogP contribution < -0.4 is 29.6 Å². The van der Waals surface area contributed by atoms with Gasteiger partial charge in [-0.3, -0.25) is 0 Å². The molecule has 0 aliphatic carbocycles. The van der Waals surface area contributed by atoms with Crippen molar-refractivity contribution < 1.29 is 18.9 Å². The van der Waals surface area contributed by atoms with Crippen LogP contribution in [0, 0.1) is 0 Å². The van der Waals surface area contributed by atoms with Crippen molar-refractivity contribution in [3.05, 3.63) is 118 Å². The number of benzene rings is 4. The maximum Gasteiger partial charge on any atom is 0.161 e. The predicted octanol–water partition coefficient (Wildman–Crippen LogP) is 6.70. The van der Waals surface area contributed by atoms with E-state index in [2.05, 4.69) is 77.4 Å². The molecule has 0 spiro atoms. The second kappa shape index (κ2) is 13.7. The maximum absolute atomic E-state index is 5.45. The van der Waals surface area contributed by atoms with Crippen LogP contribution in [0.4, 0.5) is 0 Å². The van der Waals surface area contributed by atoms with Crippen molar-refractivity contribution in [3.63, 3.8) is 0 Å². The molecular formula is C36H38N2O4. The molecule has 0 radical (unpaired) electrons. The van der Waals surface area contributed by atoms with Crippen LogP contribution in [0.5, 0.6) is 23.0 Å². The molecule has 0 saturated carbocycles. The quantitative estimate of drug-likeness (QED) is 0.273. The molecule has 4 aromatic rings. The normalized spacial score (nSPS) is 15.2. The van der Waals surface area contributed by atoms with Gasteiger partial charge < -0.3 is 29.6 Å². The van der Waals surface area contributed by atoms with E-state index < -0.39 is 0 Å². The van der Waals surface area contributed by atoms with Gasteiger partial charge in [0.05, 0.1) is 28.4 Å². The average molecular weight is 563 g/mol. The van der Waals surface area contributed by atoms with E-state index in [1.807, 2.05) is 30.3 Å². The monoisotopic (exact) mass is 562 g/mol. The highest BCUT2D eigenvalue weighted by Gasteiger charge is 2.18. The molecule has 2 aliphatic heterocycles. The number of fused-ring (bicyclic) bond motifs is 2. The SMILES string of the molecule is C(=C1NCCc2ccccc21)c1ccccc1.COc1ccc(C=C2NCCc3cc(OC)c(OC)cc32)cc1OC. The molecule has 0 atom stereocenters. The Kier molecular flexibility index (Phi) is 9.34. The summed E-state index contributed by atoms with van der Waals surface area (Å²) in [5.41, 5.74) is 9.69. The fraction of sp³-hybridized carbons (Fsp3) is 0.222. The second-order valence-corrected chi connectivity index (χ2v) is 10.0. The summed E-state index contributed by atoms with van der Waals surface area (Å²) in [6.07, 6.45) is 6.38. The van der Waals surface area contributed by atoms with Crippen LogP contribution >= 0.6 is 0 Å². The first kappa shape index (κ1) is 28.7. The molecule has 2 aliphatic rings. The Morgan fingerprint density at radius 2 is 1.07 bits per heavy atom. The lowest BCUT2D eigenvalue weighted by Gasteiger charge is -2.23.